The summed E-state index contributed by atoms with van der Waals surface area (Å²) in [4.78, 5) is 0. The van der Waals surface area contributed by atoms with Crippen LogP contribution in [0.2, 0.25) is 0 Å². The fourth-order valence-electron chi connectivity index (χ4n) is 2.71. The van der Waals surface area contributed by atoms with E-state index in [4.69, 9.17) is 4.74 Å². The number of likely N-dealkylation sites (N-methyl/N-ethyl adjacent to an activating group) is 1. The molecule has 0 amide bonds. The molecular weight excluding hydrogens is 258 g/mol. The molecule has 0 aliphatic heterocycles. The predicted molar refractivity (Wildman–Crippen MR) is 89.0 cm³/mol. The lowest BCUT2D eigenvalue weighted by Crippen LogP contribution is -2.33. The molecule has 0 fully saturated rings. The second kappa shape index (κ2) is 7.84. The molecule has 0 spiro atoms. The van der Waals surface area contributed by atoms with Gasteiger partial charge in [0.2, 0.25) is 0 Å². The molecule has 1 unspecified atom stereocenters. The molecular formula is C19H25NO. The zero-order chi connectivity index (χ0) is 15.1. The highest BCUT2D eigenvalue weighted by molar-refractivity contribution is 5.29. The molecule has 2 nitrogen and oxygen atoms in total. The number of ether oxygens (including phenoxy) is 1. The topological polar surface area (TPSA) is 21.3 Å². The summed E-state index contributed by atoms with van der Waals surface area (Å²) in [6.07, 6.45) is 2.06. The third kappa shape index (κ3) is 4.91. The Labute approximate surface area is 128 Å². The summed E-state index contributed by atoms with van der Waals surface area (Å²) in [5.74, 6) is 0.929. The molecule has 2 aromatic rings. The first kappa shape index (κ1) is 15.6. The third-order valence-corrected chi connectivity index (χ3v) is 3.67. The van der Waals surface area contributed by atoms with Crippen LogP contribution in [0.15, 0.2) is 48.5 Å². The zero-order valence-corrected chi connectivity index (χ0v) is 13.2. The summed E-state index contributed by atoms with van der Waals surface area (Å²) >= 11 is 0. The summed E-state index contributed by atoms with van der Waals surface area (Å²) in [5, 5.41) is 3.60. The van der Waals surface area contributed by atoms with Crippen LogP contribution in [0.25, 0.3) is 0 Å². The molecule has 112 valence electrons. The Balaban J connectivity index is 2.07. The van der Waals surface area contributed by atoms with Gasteiger partial charge >= 0.3 is 0 Å². The molecule has 0 bridgehead atoms. The van der Waals surface area contributed by atoms with Gasteiger partial charge in [-0.1, -0.05) is 48.9 Å². The highest BCUT2D eigenvalue weighted by atomic mass is 16.5. The molecule has 0 heterocycles. The zero-order valence-electron chi connectivity index (χ0n) is 13.2. The van der Waals surface area contributed by atoms with Gasteiger partial charge in [0.15, 0.2) is 0 Å². The van der Waals surface area contributed by atoms with Gasteiger partial charge in [-0.25, -0.2) is 0 Å². The second-order valence-corrected chi connectivity index (χ2v) is 5.50. The van der Waals surface area contributed by atoms with Crippen LogP contribution in [0.1, 0.15) is 23.6 Å². The standard InChI is InChI=1S/C19H25NO/c1-4-20-18(12-16-8-5-7-15(2)11-16)13-17-9-6-10-19(14-17)21-3/h5-11,14,18,20H,4,12-13H2,1-3H3. The number of hydrogen-bond acceptors (Lipinski definition) is 2. The fourth-order valence-corrected chi connectivity index (χ4v) is 2.71. The van der Waals surface area contributed by atoms with E-state index in [0.717, 1.165) is 25.1 Å². The van der Waals surface area contributed by atoms with Crippen LogP contribution >= 0.6 is 0 Å². The lowest BCUT2D eigenvalue weighted by molar-refractivity contribution is 0.413. The van der Waals surface area contributed by atoms with Crippen molar-refractivity contribution in [2.24, 2.45) is 0 Å². The number of nitrogens with one attached hydrogen (secondary N) is 1. The molecule has 2 aromatic carbocycles. The van der Waals surface area contributed by atoms with E-state index in [1.807, 2.05) is 6.07 Å². The van der Waals surface area contributed by atoms with E-state index in [2.05, 4.69) is 61.6 Å². The van der Waals surface area contributed by atoms with Crippen LogP contribution in [0.5, 0.6) is 5.75 Å². The van der Waals surface area contributed by atoms with E-state index in [-0.39, 0.29) is 0 Å². The average molecular weight is 283 g/mol. The number of benzene rings is 2. The van der Waals surface area contributed by atoms with Gasteiger partial charge in [-0.15, -0.1) is 0 Å². The minimum absolute atomic E-state index is 0.448. The fraction of sp³-hybridized carbons (Fsp3) is 0.368. The number of methoxy groups -OCH3 is 1. The van der Waals surface area contributed by atoms with Crippen LogP contribution in [-0.4, -0.2) is 19.7 Å². The van der Waals surface area contributed by atoms with Gasteiger partial charge in [0.25, 0.3) is 0 Å². The SMILES string of the molecule is CCNC(Cc1cccc(C)c1)Cc1cccc(OC)c1. The Morgan fingerprint density at radius 2 is 1.67 bits per heavy atom. The van der Waals surface area contributed by atoms with E-state index >= 15 is 0 Å². The van der Waals surface area contributed by atoms with Gasteiger partial charge in [0.1, 0.15) is 5.75 Å². The van der Waals surface area contributed by atoms with E-state index in [0.29, 0.717) is 6.04 Å². The molecule has 1 N–H and O–H groups in total. The molecule has 0 aliphatic carbocycles. The lowest BCUT2D eigenvalue weighted by atomic mass is 9.98. The van der Waals surface area contributed by atoms with Crippen molar-refractivity contribution in [2.75, 3.05) is 13.7 Å². The minimum atomic E-state index is 0.448. The van der Waals surface area contributed by atoms with Crippen molar-refractivity contribution in [2.45, 2.75) is 32.7 Å². The molecule has 0 saturated carbocycles. The molecule has 21 heavy (non-hydrogen) atoms. The Kier molecular flexibility index (Phi) is 5.82. The molecule has 0 saturated heterocycles. The smallest absolute Gasteiger partial charge is 0.119 e. The Bertz CT molecular complexity index is 565. The van der Waals surface area contributed by atoms with Crippen LogP contribution < -0.4 is 10.1 Å². The van der Waals surface area contributed by atoms with Crippen LogP contribution in [0.4, 0.5) is 0 Å². The van der Waals surface area contributed by atoms with Gasteiger partial charge in [-0.3, -0.25) is 0 Å². The Morgan fingerprint density at radius 3 is 2.29 bits per heavy atom. The lowest BCUT2D eigenvalue weighted by Gasteiger charge is -2.19. The highest BCUT2D eigenvalue weighted by Gasteiger charge is 2.10. The van der Waals surface area contributed by atoms with Gasteiger partial charge in [-0.05, 0) is 49.6 Å². The van der Waals surface area contributed by atoms with Crippen molar-refractivity contribution < 1.29 is 4.74 Å². The molecule has 2 rings (SSSR count). The van der Waals surface area contributed by atoms with Crippen LogP contribution in [0, 0.1) is 6.92 Å². The third-order valence-electron chi connectivity index (χ3n) is 3.67. The first-order chi connectivity index (χ1) is 10.2. The van der Waals surface area contributed by atoms with Crippen LogP contribution in [0.3, 0.4) is 0 Å². The molecule has 0 aliphatic rings. The van der Waals surface area contributed by atoms with Gasteiger partial charge in [0, 0.05) is 6.04 Å². The first-order valence-electron chi connectivity index (χ1n) is 7.63. The van der Waals surface area contributed by atoms with Gasteiger partial charge < -0.3 is 10.1 Å². The van der Waals surface area contributed by atoms with Crippen molar-refractivity contribution in [3.63, 3.8) is 0 Å². The number of aryl methyl sites for hydroxylation is 1. The average Bonchev–Trinajstić information content (AvgIpc) is 2.48. The van der Waals surface area contributed by atoms with E-state index < -0.39 is 0 Å². The summed E-state index contributed by atoms with van der Waals surface area (Å²) in [7, 11) is 1.72. The summed E-state index contributed by atoms with van der Waals surface area (Å²) in [6, 6.07) is 17.6. The molecule has 1 atom stereocenters. The normalized spacial score (nSPS) is 12.1. The maximum absolute atomic E-state index is 5.31. The van der Waals surface area contributed by atoms with E-state index in [1.54, 1.807) is 7.11 Å². The number of hydrogen-bond donors (Lipinski definition) is 1. The highest BCUT2D eigenvalue weighted by Crippen LogP contribution is 2.16. The van der Waals surface area contributed by atoms with E-state index in [1.165, 1.54) is 16.7 Å². The van der Waals surface area contributed by atoms with Gasteiger partial charge in [0.05, 0.1) is 7.11 Å². The summed E-state index contributed by atoms with van der Waals surface area (Å²) < 4.78 is 5.31. The monoisotopic (exact) mass is 283 g/mol. The minimum Gasteiger partial charge on any atom is -0.497 e. The van der Waals surface area contributed by atoms with E-state index in [9.17, 15) is 0 Å². The second-order valence-electron chi connectivity index (χ2n) is 5.50. The molecule has 0 radical (unpaired) electrons. The van der Waals surface area contributed by atoms with Crippen molar-refractivity contribution in [3.8, 4) is 5.75 Å². The maximum Gasteiger partial charge on any atom is 0.119 e. The summed E-state index contributed by atoms with van der Waals surface area (Å²) in [6.45, 7) is 5.29. The number of rotatable bonds is 7. The van der Waals surface area contributed by atoms with Gasteiger partial charge in [-0.2, -0.15) is 0 Å². The van der Waals surface area contributed by atoms with Crippen molar-refractivity contribution in [1.82, 2.24) is 5.32 Å². The van der Waals surface area contributed by atoms with Crippen molar-refractivity contribution in [3.05, 3.63) is 65.2 Å². The Hall–Kier alpha value is -1.80. The van der Waals surface area contributed by atoms with Crippen molar-refractivity contribution >= 4 is 0 Å². The summed E-state index contributed by atoms with van der Waals surface area (Å²) in [5.41, 5.74) is 4.03. The predicted octanol–water partition coefficient (Wildman–Crippen LogP) is 3.77. The molecule has 0 aromatic heterocycles. The van der Waals surface area contributed by atoms with Crippen molar-refractivity contribution in [1.29, 1.82) is 0 Å². The Morgan fingerprint density at radius 1 is 1.00 bits per heavy atom. The quantitative estimate of drug-likeness (QED) is 0.835. The largest absolute Gasteiger partial charge is 0.497 e. The molecule has 2 heteroatoms. The first-order valence-corrected chi connectivity index (χ1v) is 7.63. The van der Waals surface area contributed by atoms with Crippen LogP contribution in [-0.2, 0) is 12.8 Å². The maximum atomic E-state index is 5.31.